The number of aromatic nitrogens is 1. The van der Waals surface area contributed by atoms with Crippen LogP contribution in [0.25, 0.3) is 17.0 Å². The third-order valence-corrected chi connectivity index (χ3v) is 3.76. The zero-order chi connectivity index (χ0) is 16.9. The minimum atomic E-state index is -0.589. The van der Waals surface area contributed by atoms with Gasteiger partial charge in [0.1, 0.15) is 5.76 Å². The molecule has 0 saturated carbocycles. The molecule has 0 amide bonds. The van der Waals surface area contributed by atoms with Crippen LogP contribution in [0.2, 0.25) is 0 Å². The normalized spacial score (nSPS) is 11.2. The summed E-state index contributed by atoms with van der Waals surface area (Å²) >= 11 is 0. The molecule has 0 radical (unpaired) electrons. The molecule has 2 aromatic heterocycles. The number of fused-ring (bicyclic) bond motifs is 1. The highest BCUT2D eigenvalue weighted by Gasteiger charge is 2.14. The summed E-state index contributed by atoms with van der Waals surface area (Å²) in [5.41, 5.74) is 2.63. The van der Waals surface area contributed by atoms with Gasteiger partial charge in [-0.1, -0.05) is 25.1 Å². The number of carbonyl (C=O) groups excluding carboxylic acids is 2. The van der Waals surface area contributed by atoms with E-state index in [-0.39, 0.29) is 12.4 Å². The SMILES string of the molecule is CCc1cccc2c(C(=O)COC(=O)C=Cc3ccco3)c[nH]c12. The number of para-hydroxylation sites is 1. The lowest BCUT2D eigenvalue weighted by Gasteiger charge is -2.02. The van der Waals surface area contributed by atoms with E-state index in [1.165, 1.54) is 18.4 Å². The summed E-state index contributed by atoms with van der Waals surface area (Å²) in [6.45, 7) is 1.76. The number of ether oxygens (including phenoxy) is 1. The molecule has 0 saturated heterocycles. The van der Waals surface area contributed by atoms with Gasteiger partial charge < -0.3 is 14.1 Å². The molecule has 0 bridgehead atoms. The van der Waals surface area contributed by atoms with Crippen LogP contribution in [0.15, 0.2) is 53.3 Å². The lowest BCUT2D eigenvalue weighted by atomic mass is 10.1. The zero-order valence-corrected chi connectivity index (χ0v) is 13.2. The molecule has 0 unspecified atom stereocenters. The number of nitrogens with one attached hydrogen (secondary N) is 1. The second-order valence-corrected chi connectivity index (χ2v) is 5.28. The largest absolute Gasteiger partial charge is 0.465 e. The van der Waals surface area contributed by atoms with E-state index in [9.17, 15) is 9.59 Å². The molecule has 5 heteroatoms. The summed E-state index contributed by atoms with van der Waals surface area (Å²) in [7, 11) is 0. The average molecular weight is 323 g/mol. The maximum atomic E-state index is 12.3. The van der Waals surface area contributed by atoms with Crippen LogP contribution in [0, 0.1) is 0 Å². The van der Waals surface area contributed by atoms with E-state index in [0.29, 0.717) is 11.3 Å². The molecule has 0 aliphatic heterocycles. The summed E-state index contributed by atoms with van der Waals surface area (Å²) in [4.78, 5) is 27.1. The maximum absolute atomic E-state index is 12.3. The smallest absolute Gasteiger partial charge is 0.331 e. The first kappa shape index (κ1) is 15.8. The van der Waals surface area contributed by atoms with Gasteiger partial charge >= 0.3 is 5.97 Å². The Morgan fingerprint density at radius 1 is 1.25 bits per heavy atom. The first-order valence-corrected chi connectivity index (χ1v) is 7.69. The van der Waals surface area contributed by atoms with E-state index in [2.05, 4.69) is 11.9 Å². The van der Waals surface area contributed by atoms with Crippen molar-refractivity contribution in [1.82, 2.24) is 4.98 Å². The number of ketones is 1. The standard InChI is InChI=1S/C19H17NO4/c1-2-13-5-3-7-15-16(11-20-19(13)15)17(21)12-24-18(22)9-8-14-6-4-10-23-14/h3-11,20H,2,12H2,1H3. The fourth-order valence-corrected chi connectivity index (χ4v) is 2.54. The van der Waals surface area contributed by atoms with Gasteiger partial charge in [0.05, 0.1) is 6.26 Å². The van der Waals surface area contributed by atoms with Crippen molar-refractivity contribution in [3.05, 3.63) is 65.8 Å². The molecule has 3 aromatic rings. The average Bonchev–Trinajstić information content (AvgIpc) is 3.26. The van der Waals surface area contributed by atoms with Gasteiger partial charge in [0.25, 0.3) is 0 Å². The molecular formula is C19H17NO4. The number of aryl methyl sites for hydroxylation is 1. The van der Waals surface area contributed by atoms with Crippen LogP contribution in [0.4, 0.5) is 0 Å². The van der Waals surface area contributed by atoms with Crippen LogP contribution in [0.5, 0.6) is 0 Å². The minimum Gasteiger partial charge on any atom is -0.465 e. The number of hydrogen-bond acceptors (Lipinski definition) is 4. The Kier molecular flexibility index (Phi) is 4.61. The zero-order valence-electron chi connectivity index (χ0n) is 13.2. The highest BCUT2D eigenvalue weighted by molar-refractivity contribution is 6.09. The number of aromatic amines is 1. The Balaban J connectivity index is 1.66. The fraction of sp³-hybridized carbons (Fsp3) is 0.158. The third-order valence-electron chi connectivity index (χ3n) is 3.76. The van der Waals surface area contributed by atoms with E-state index in [1.54, 1.807) is 18.3 Å². The summed E-state index contributed by atoms with van der Waals surface area (Å²) < 4.78 is 10.1. The molecule has 0 atom stereocenters. The Morgan fingerprint density at radius 3 is 2.88 bits per heavy atom. The Bertz CT molecular complexity index is 887. The van der Waals surface area contributed by atoms with Crippen LogP contribution >= 0.6 is 0 Å². The summed E-state index contributed by atoms with van der Waals surface area (Å²) in [5, 5.41) is 0.849. The van der Waals surface area contributed by atoms with Gasteiger partial charge in [-0.3, -0.25) is 4.79 Å². The molecule has 122 valence electrons. The van der Waals surface area contributed by atoms with E-state index >= 15 is 0 Å². The van der Waals surface area contributed by atoms with Gasteiger partial charge in [-0.25, -0.2) is 4.79 Å². The first-order valence-electron chi connectivity index (χ1n) is 7.69. The molecule has 0 aliphatic carbocycles. The Hall–Kier alpha value is -3.08. The monoisotopic (exact) mass is 323 g/mol. The molecule has 24 heavy (non-hydrogen) atoms. The van der Waals surface area contributed by atoms with E-state index in [0.717, 1.165) is 22.9 Å². The van der Waals surface area contributed by atoms with Gasteiger partial charge in [0.15, 0.2) is 6.61 Å². The van der Waals surface area contributed by atoms with Crippen LogP contribution in [-0.4, -0.2) is 23.3 Å². The molecule has 0 spiro atoms. The van der Waals surface area contributed by atoms with Crippen molar-refractivity contribution in [2.75, 3.05) is 6.61 Å². The molecule has 1 aromatic carbocycles. The molecule has 0 aliphatic rings. The van der Waals surface area contributed by atoms with Gasteiger partial charge in [0.2, 0.25) is 5.78 Å². The van der Waals surface area contributed by atoms with Crippen molar-refractivity contribution in [3.8, 4) is 0 Å². The number of rotatable bonds is 6. The summed E-state index contributed by atoms with van der Waals surface area (Å²) in [5.74, 6) is -0.287. The highest BCUT2D eigenvalue weighted by Crippen LogP contribution is 2.22. The van der Waals surface area contributed by atoms with Gasteiger partial charge in [-0.05, 0) is 30.2 Å². The van der Waals surface area contributed by atoms with Crippen molar-refractivity contribution in [2.24, 2.45) is 0 Å². The van der Waals surface area contributed by atoms with Crippen molar-refractivity contribution in [2.45, 2.75) is 13.3 Å². The Labute approximate surface area is 138 Å². The predicted octanol–water partition coefficient (Wildman–Crippen LogP) is 3.76. The number of benzene rings is 1. The quantitative estimate of drug-likeness (QED) is 0.426. The maximum Gasteiger partial charge on any atom is 0.331 e. The third kappa shape index (κ3) is 3.30. The molecule has 2 heterocycles. The predicted molar refractivity (Wildman–Crippen MR) is 90.7 cm³/mol. The number of Topliss-reactive ketones (excluding diaryl/α,β-unsaturated/α-hetero) is 1. The van der Waals surface area contributed by atoms with Gasteiger partial charge in [-0.2, -0.15) is 0 Å². The number of furan rings is 1. The van der Waals surface area contributed by atoms with E-state index in [1.807, 2.05) is 18.2 Å². The van der Waals surface area contributed by atoms with E-state index < -0.39 is 5.97 Å². The molecule has 3 rings (SSSR count). The van der Waals surface area contributed by atoms with Crippen molar-refractivity contribution in [1.29, 1.82) is 0 Å². The Morgan fingerprint density at radius 2 is 2.12 bits per heavy atom. The van der Waals surface area contributed by atoms with Gasteiger partial charge in [-0.15, -0.1) is 0 Å². The first-order chi connectivity index (χ1) is 11.7. The molecule has 0 fully saturated rings. The van der Waals surface area contributed by atoms with Crippen LogP contribution in [0.1, 0.15) is 28.6 Å². The van der Waals surface area contributed by atoms with Crippen LogP contribution in [0.3, 0.4) is 0 Å². The second-order valence-electron chi connectivity index (χ2n) is 5.28. The van der Waals surface area contributed by atoms with Crippen LogP contribution < -0.4 is 0 Å². The summed E-state index contributed by atoms with van der Waals surface area (Å²) in [6, 6.07) is 9.26. The van der Waals surface area contributed by atoms with Crippen molar-refractivity contribution >= 4 is 28.7 Å². The topological polar surface area (TPSA) is 72.3 Å². The molecule has 1 N–H and O–H groups in total. The molecule has 5 nitrogen and oxygen atoms in total. The summed E-state index contributed by atoms with van der Waals surface area (Å²) in [6.07, 6.45) is 6.77. The minimum absolute atomic E-state index is 0.241. The van der Waals surface area contributed by atoms with Crippen LogP contribution in [-0.2, 0) is 16.0 Å². The highest BCUT2D eigenvalue weighted by atomic mass is 16.5. The lowest BCUT2D eigenvalue weighted by Crippen LogP contribution is -2.12. The van der Waals surface area contributed by atoms with Crippen molar-refractivity contribution < 1.29 is 18.7 Å². The number of carbonyl (C=O) groups is 2. The molecular weight excluding hydrogens is 306 g/mol. The van der Waals surface area contributed by atoms with Crippen molar-refractivity contribution in [3.63, 3.8) is 0 Å². The number of esters is 1. The van der Waals surface area contributed by atoms with Gasteiger partial charge in [0, 0.05) is 28.7 Å². The lowest BCUT2D eigenvalue weighted by molar-refractivity contribution is -0.136. The number of hydrogen-bond donors (Lipinski definition) is 1. The fourth-order valence-electron chi connectivity index (χ4n) is 2.54. The van der Waals surface area contributed by atoms with E-state index in [4.69, 9.17) is 9.15 Å². The second kappa shape index (κ2) is 7.00. The number of H-pyrrole nitrogens is 1.